The Hall–Kier alpha value is -2.14. The molecule has 0 spiro atoms. The number of benzene rings is 1. The molecular formula is C25H35N3O2. The summed E-state index contributed by atoms with van der Waals surface area (Å²) in [6.07, 6.45) is 10.2. The lowest BCUT2D eigenvalue weighted by molar-refractivity contribution is -0.130. The van der Waals surface area contributed by atoms with Gasteiger partial charge in [0.1, 0.15) is 0 Å². The zero-order valence-corrected chi connectivity index (χ0v) is 18.0. The van der Waals surface area contributed by atoms with Gasteiger partial charge in [0.15, 0.2) is 0 Å². The molecule has 0 aromatic heterocycles. The fraction of sp³-hybridized carbons (Fsp3) is 0.600. The summed E-state index contributed by atoms with van der Waals surface area (Å²) in [6.45, 7) is 4.47. The van der Waals surface area contributed by atoms with Crippen LogP contribution in [0.4, 0.5) is 0 Å². The number of allylic oxidation sites excluding steroid dienone is 1. The van der Waals surface area contributed by atoms with Crippen LogP contribution >= 0.6 is 0 Å². The van der Waals surface area contributed by atoms with Gasteiger partial charge in [0.2, 0.25) is 11.8 Å². The molecule has 4 rings (SSSR count). The second-order valence-corrected chi connectivity index (χ2v) is 8.98. The second-order valence-electron chi connectivity index (χ2n) is 8.98. The predicted octanol–water partition coefficient (Wildman–Crippen LogP) is 3.16. The number of amides is 2. The third kappa shape index (κ3) is 5.31. The molecule has 5 heteroatoms. The number of nitrogens with one attached hydrogen (secondary N) is 1. The van der Waals surface area contributed by atoms with Gasteiger partial charge in [0, 0.05) is 37.2 Å². The molecule has 2 fully saturated rings. The van der Waals surface area contributed by atoms with Gasteiger partial charge in [0.25, 0.3) is 0 Å². The molecule has 2 heterocycles. The van der Waals surface area contributed by atoms with E-state index in [-0.39, 0.29) is 17.7 Å². The minimum Gasteiger partial charge on any atom is -0.356 e. The first-order valence-corrected chi connectivity index (χ1v) is 11.7. The zero-order valence-electron chi connectivity index (χ0n) is 18.0. The molecule has 1 aliphatic carbocycles. The van der Waals surface area contributed by atoms with Crippen LogP contribution in [0.5, 0.6) is 0 Å². The summed E-state index contributed by atoms with van der Waals surface area (Å²) in [5, 5.41) is 3.13. The Kier molecular flexibility index (Phi) is 7.21. The summed E-state index contributed by atoms with van der Waals surface area (Å²) in [5.74, 6) is 0.640. The van der Waals surface area contributed by atoms with Crippen molar-refractivity contribution < 1.29 is 9.59 Å². The Morgan fingerprint density at radius 2 is 1.70 bits per heavy atom. The summed E-state index contributed by atoms with van der Waals surface area (Å²) >= 11 is 0. The molecule has 162 valence electrons. The lowest BCUT2D eigenvalue weighted by Crippen LogP contribution is -2.50. The van der Waals surface area contributed by atoms with Crippen LogP contribution in [0.2, 0.25) is 0 Å². The van der Waals surface area contributed by atoms with Crippen LogP contribution in [0.1, 0.15) is 50.5 Å². The van der Waals surface area contributed by atoms with E-state index >= 15 is 0 Å². The number of hydrogen-bond donors (Lipinski definition) is 1. The second kappa shape index (κ2) is 10.3. The number of carbonyl (C=O) groups excluding carboxylic acids is 2. The van der Waals surface area contributed by atoms with Crippen molar-refractivity contribution in [2.24, 2.45) is 5.92 Å². The summed E-state index contributed by atoms with van der Waals surface area (Å²) < 4.78 is 0. The van der Waals surface area contributed by atoms with Crippen LogP contribution in [-0.2, 0) is 16.0 Å². The summed E-state index contributed by atoms with van der Waals surface area (Å²) in [5.41, 5.74) is 2.30. The van der Waals surface area contributed by atoms with Gasteiger partial charge < -0.3 is 15.1 Å². The van der Waals surface area contributed by atoms with E-state index < -0.39 is 0 Å². The third-order valence-electron chi connectivity index (χ3n) is 7.04. The van der Waals surface area contributed by atoms with Crippen LogP contribution in [0.3, 0.4) is 0 Å². The van der Waals surface area contributed by atoms with Gasteiger partial charge in [-0.05, 0) is 70.0 Å². The summed E-state index contributed by atoms with van der Waals surface area (Å²) in [7, 11) is 0. The molecule has 1 N–H and O–H groups in total. The third-order valence-corrected chi connectivity index (χ3v) is 7.04. The fourth-order valence-electron chi connectivity index (χ4n) is 5.15. The van der Waals surface area contributed by atoms with Gasteiger partial charge in [0.05, 0.1) is 0 Å². The normalized spacial score (nSPS) is 21.5. The minimum atomic E-state index is 0.146. The molecule has 1 aromatic carbocycles. The molecule has 0 unspecified atom stereocenters. The highest BCUT2D eigenvalue weighted by atomic mass is 16.2. The quantitative estimate of drug-likeness (QED) is 0.785. The van der Waals surface area contributed by atoms with Gasteiger partial charge in [-0.1, -0.05) is 36.4 Å². The Labute approximate surface area is 180 Å². The topological polar surface area (TPSA) is 52.7 Å². The molecule has 0 radical (unpaired) electrons. The number of nitrogens with zero attached hydrogens (tertiary/aromatic N) is 2. The van der Waals surface area contributed by atoms with Crippen molar-refractivity contribution in [2.45, 2.75) is 57.4 Å². The number of hydrogen-bond acceptors (Lipinski definition) is 3. The Bertz CT molecular complexity index is 745. The maximum Gasteiger partial charge on any atom is 0.249 e. The van der Waals surface area contributed by atoms with E-state index in [0.717, 1.165) is 83.1 Å². The van der Waals surface area contributed by atoms with Gasteiger partial charge in [-0.3, -0.25) is 9.59 Å². The average molecular weight is 410 g/mol. The lowest BCUT2D eigenvalue weighted by Gasteiger charge is -2.41. The van der Waals surface area contributed by atoms with Crippen molar-refractivity contribution in [1.82, 2.24) is 15.1 Å². The first-order valence-electron chi connectivity index (χ1n) is 11.7. The van der Waals surface area contributed by atoms with Crippen molar-refractivity contribution in [3.8, 4) is 0 Å². The van der Waals surface area contributed by atoms with E-state index in [1.165, 1.54) is 5.56 Å². The zero-order chi connectivity index (χ0) is 20.8. The van der Waals surface area contributed by atoms with E-state index in [0.29, 0.717) is 12.6 Å². The van der Waals surface area contributed by atoms with Crippen molar-refractivity contribution >= 4 is 11.8 Å². The fourth-order valence-corrected chi connectivity index (χ4v) is 5.15. The Morgan fingerprint density at radius 3 is 2.37 bits per heavy atom. The number of piperidine rings is 2. The first kappa shape index (κ1) is 21.1. The van der Waals surface area contributed by atoms with Gasteiger partial charge in [-0.25, -0.2) is 0 Å². The van der Waals surface area contributed by atoms with Crippen LogP contribution in [0, 0.1) is 5.92 Å². The van der Waals surface area contributed by atoms with E-state index in [1.54, 1.807) is 0 Å². The monoisotopic (exact) mass is 409 g/mol. The first-order chi connectivity index (χ1) is 14.7. The molecule has 0 bridgehead atoms. The van der Waals surface area contributed by atoms with E-state index in [2.05, 4.69) is 33.3 Å². The van der Waals surface area contributed by atoms with Crippen LogP contribution in [-0.4, -0.2) is 60.4 Å². The maximum absolute atomic E-state index is 12.6. The highest BCUT2D eigenvalue weighted by molar-refractivity contribution is 5.93. The predicted molar refractivity (Wildman–Crippen MR) is 119 cm³/mol. The molecule has 30 heavy (non-hydrogen) atoms. The largest absolute Gasteiger partial charge is 0.356 e. The number of likely N-dealkylation sites (tertiary alicyclic amines) is 2. The SMILES string of the molecule is O=C(NCCc1ccccc1)C1CCN(C2CCN(C(=O)C3=CCCC3)CC2)CC1. The summed E-state index contributed by atoms with van der Waals surface area (Å²) in [6, 6.07) is 10.9. The maximum atomic E-state index is 12.6. The molecule has 1 aromatic rings. The van der Waals surface area contributed by atoms with Crippen LogP contribution < -0.4 is 5.32 Å². The molecule has 2 aliphatic heterocycles. The van der Waals surface area contributed by atoms with Crippen LogP contribution in [0.25, 0.3) is 0 Å². The number of carbonyl (C=O) groups is 2. The molecule has 0 atom stereocenters. The van der Waals surface area contributed by atoms with Crippen molar-refractivity contribution in [3.63, 3.8) is 0 Å². The van der Waals surface area contributed by atoms with E-state index in [4.69, 9.17) is 0 Å². The molecule has 2 saturated heterocycles. The minimum absolute atomic E-state index is 0.146. The standard InChI is InChI=1S/C25H35N3O2/c29-24(26-15-10-20-6-2-1-3-7-20)21-11-16-27(17-12-21)23-13-18-28(19-14-23)25(30)22-8-4-5-9-22/h1-3,6-8,21,23H,4-5,9-19H2,(H,26,29). The molecule has 2 amide bonds. The van der Waals surface area contributed by atoms with Crippen molar-refractivity contribution in [2.75, 3.05) is 32.7 Å². The molecule has 5 nitrogen and oxygen atoms in total. The smallest absolute Gasteiger partial charge is 0.249 e. The van der Waals surface area contributed by atoms with Crippen molar-refractivity contribution in [1.29, 1.82) is 0 Å². The van der Waals surface area contributed by atoms with E-state index in [9.17, 15) is 9.59 Å². The molecule has 3 aliphatic rings. The number of rotatable bonds is 6. The highest BCUT2D eigenvalue weighted by Crippen LogP contribution is 2.26. The van der Waals surface area contributed by atoms with Crippen molar-refractivity contribution in [3.05, 3.63) is 47.5 Å². The highest BCUT2D eigenvalue weighted by Gasteiger charge is 2.32. The Balaban J connectivity index is 1.15. The van der Waals surface area contributed by atoms with Gasteiger partial charge in [-0.15, -0.1) is 0 Å². The van der Waals surface area contributed by atoms with Gasteiger partial charge >= 0.3 is 0 Å². The van der Waals surface area contributed by atoms with Crippen LogP contribution in [0.15, 0.2) is 42.0 Å². The van der Waals surface area contributed by atoms with E-state index in [1.807, 2.05) is 18.2 Å². The molecule has 0 saturated carbocycles. The van der Waals surface area contributed by atoms with Gasteiger partial charge in [-0.2, -0.15) is 0 Å². The lowest BCUT2D eigenvalue weighted by atomic mass is 9.92. The Morgan fingerprint density at radius 1 is 0.967 bits per heavy atom. The average Bonchev–Trinajstić information content (AvgIpc) is 3.34. The molecular weight excluding hydrogens is 374 g/mol. The summed E-state index contributed by atoms with van der Waals surface area (Å²) in [4.78, 5) is 29.7.